The third-order valence-electron chi connectivity index (χ3n) is 5.10. The average Bonchev–Trinajstić information content (AvgIpc) is 2.49. The molecular weight excluding hydrogens is 258 g/mol. The molecule has 21 heavy (non-hydrogen) atoms. The number of hydrogen-bond donors (Lipinski definition) is 1. The molecule has 0 saturated carbocycles. The first-order valence-corrected chi connectivity index (χ1v) is 9.25. The molecule has 3 nitrogen and oxygen atoms in total. The maximum atomic E-state index is 3.57. The monoisotopic (exact) mass is 297 g/mol. The van der Waals surface area contributed by atoms with Gasteiger partial charge in [-0.2, -0.15) is 0 Å². The van der Waals surface area contributed by atoms with E-state index in [0.29, 0.717) is 12.1 Å². The Morgan fingerprint density at radius 3 is 2.19 bits per heavy atom. The molecule has 0 aromatic heterocycles. The maximum Gasteiger partial charge on any atom is 0.0373 e. The van der Waals surface area contributed by atoms with Gasteiger partial charge < -0.3 is 10.2 Å². The Balaban J connectivity index is 2.13. The Labute approximate surface area is 133 Å². The van der Waals surface area contributed by atoms with Gasteiger partial charge in [-0.05, 0) is 27.6 Å². The van der Waals surface area contributed by atoms with E-state index >= 15 is 0 Å². The lowest BCUT2D eigenvalue weighted by atomic mass is 9.97. The van der Waals surface area contributed by atoms with E-state index in [1.165, 1.54) is 77.4 Å². The lowest BCUT2D eigenvalue weighted by Crippen LogP contribution is -2.58. The van der Waals surface area contributed by atoms with E-state index < -0.39 is 0 Å². The molecule has 0 amide bonds. The molecule has 0 radical (unpaired) electrons. The van der Waals surface area contributed by atoms with Crippen molar-refractivity contribution in [1.82, 2.24) is 15.1 Å². The van der Waals surface area contributed by atoms with E-state index in [4.69, 9.17) is 0 Å². The highest BCUT2D eigenvalue weighted by Crippen LogP contribution is 2.16. The van der Waals surface area contributed by atoms with Crippen LogP contribution in [0.5, 0.6) is 0 Å². The summed E-state index contributed by atoms with van der Waals surface area (Å²) in [5.41, 5.74) is 0. The zero-order valence-corrected chi connectivity index (χ0v) is 15.0. The molecule has 126 valence electrons. The van der Waals surface area contributed by atoms with Gasteiger partial charge >= 0.3 is 0 Å². The van der Waals surface area contributed by atoms with Crippen LogP contribution in [0.25, 0.3) is 0 Å². The summed E-state index contributed by atoms with van der Waals surface area (Å²) in [5.74, 6) is 0. The second-order valence-electron chi connectivity index (χ2n) is 6.97. The van der Waals surface area contributed by atoms with E-state index in [-0.39, 0.29) is 0 Å². The van der Waals surface area contributed by atoms with Crippen molar-refractivity contribution >= 4 is 0 Å². The number of hydrogen-bond acceptors (Lipinski definition) is 3. The Hall–Kier alpha value is -0.120. The lowest BCUT2D eigenvalue weighted by Gasteiger charge is -2.42. The summed E-state index contributed by atoms with van der Waals surface area (Å²) in [6.07, 6.45) is 12.7. The number of unbranched alkanes of at least 4 members (excludes halogenated alkanes) is 7. The molecule has 0 spiro atoms. The molecular formula is C18H39N3. The van der Waals surface area contributed by atoms with E-state index in [1.807, 2.05) is 0 Å². The minimum absolute atomic E-state index is 0.651. The van der Waals surface area contributed by atoms with Gasteiger partial charge in [0.1, 0.15) is 0 Å². The molecule has 1 aliphatic rings. The van der Waals surface area contributed by atoms with Gasteiger partial charge in [-0.3, -0.25) is 4.90 Å². The molecule has 0 aliphatic carbocycles. The zero-order chi connectivity index (χ0) is 15.5. The maximum absolute atomic E-state index is 3.57. The zero-order valence-electron chi connectivity index (χ0n) is 15.0. The largest absolute Gasteiger partial charge is 0.315 e. The van der Waals surface area contributed by atoms with Crippen LogP contribution in [0.15, 0.2) is 0 Å². The van der Waals surface area contributed by atoms with E-state index in [1.54, 1.807) is 0 Å². The van der Waals surface area contributed by atoms with Crippen LogP contribution >= 0.6 is 0 Å². The number of nitrogens with one attached hydrogen (secondary N) is 1. The number of rotatable bonds is 11. The molecule has 0 aromatic carbocycles. The summed E-state index contributed by atoms with van der Waals surface area (Å²) in [4.78, 5) is 5.02. The molecule has 3 heteroatoms. The number of piperazine rings is 1. The molecule has 1 N–H and O–H groups in total. The molecule has 1 heterocycles. The van der Waals surface area contributed by atoms with Crippen molar-refractivity contribution in [2.45, 2.75) is 76.8 Å². The van der Waals surface area contributed by atoms with Crippen molar-refractivity contribution in [1.29, 1.82) is 0 Å². The smallest absolute Gasteiger partial charge is 0.0373 e. The fraction of sp³-hybridized carbons (Fsp3) is 1.00. The van der Waals surface area contributed by atoms with Crippen LogP contribution in [0, 0.1) is 0 Å². The topological polar surface area (TPSA) is 18.5 Å². The van der Waals surface area contributed by atoms with Gasteiger partial charge in [0.05, 0.1) is 0 Å². The lowest BCUT2D eigenvalue weighted by molar-refractivity contribution is 0.0866. The van der Waals surface area contributed by atoms with Gasteiger partial charge in [0.25, 0.3) is 0 Å². The van der Waals surface area contributed by atoms with Gasteiger partial charge in [-0.1, -0.05) is 58.3 Å². The Morgan fingerprint density at radius 1 is 0.952 bits per heavy atom. The van der Waals surface area contributed by atoms with Crippen LogP contribution in [0.4, 0.5) is 0 Å². The van der Waals surface area contributed by atoms with Gasteiger partial charge in [-0.15, -0.1) is 0 Å². The highest BCUT2D eigenvalue weighted by atomic mass is 15.3. The summed E-state index contributed by atoms with van der Waals surface area (Å²) in [5, 5.41) is 3.57. The SMILES string of the molecule is CCCCCCCCCCC(NC)C1CN(C)CCN1C. The molecule has 0 bridgehead atoms. The van der Waals surface area contributed by atoms with Crippen LogP contribution in [0.3, 0.4) is 0 Å². The molecule has 2 unspecified atom stereocenters. The van der Waals surface area contributed by atoms with E-state index in [2.05, 4.69) is 43.2 Å². The fourth-order valence-corrected chi connectivity index (χ4v) is 3.51. The minimum Gasteiger partial charge on any atom is -0.315 e. The first-order valence-electron chi connectivity index (χ1n) is 9.25. The Kier molecular flexibility index (Phi) is 10.3. The normalized spacial score (nSPS) is 22.6. The number of likely N-dealkylation sites (N-methyl/N-ethyl adjacent to an activating group) is 3. The summed E-state index contributed by atoms with van der Waals surface area (Å²) >= 11 is 0. The van der Waals surface area contributed by atoms with Crippen molar-refractivity contribution in [2.24, 2.45) is 0 Å². The van der Waals surface area contributed by atoms with Crippen molar-refractivity contribution in [2.75, 3.05) is 40.8 Å². The van der Waals surface area contributed by atoms with Gasteiger partial charge in [0.2, 0.25) is 0 Å². The van der Waals surface area contributed by atoms with Crippen molar-refractivity contribution < 1.29 is 0 Å². The average molecular weight is 298 g/mol. The molecule has 1 aliphatic heterocycles. The molecule has 0 aromatic rings. The summed E-state index contributed by atoms with van der Waals surface area (Å²) in [7, 11) is 6.68. The summed E-state index contributed by atoms with van der Waals surface area (Å²) < 4.78 is 0. The summed E-state index contributed by atoms with van der Waals surface area (Å²) in [6, 6.07) is 1.33. The quantitative estimate of drug-likeness (QED) is 0.590. The predicted molar refractivity (Wildman–Crippen MR) is 94.0 cm³/mol. The number of nitrogens with zero attached hydrogens (tertiary/aromatic N) is 2. The highest BCUT2D eigenvalue weighted by molar-refractivity contribution is 4.88. The Bertz CT molecular complexity index is 245. The van der Waals surface area contributed by atoms with Crippen LogP contribution < -0.4 is 5.32 Å². The minimum atomic E-state index is 0.651. The third-order valence-corrected chi connectivity index (χ3v) is 5.10. The van der Waals surface area contributed by atoms with Crippen molar-refractivity contribution in [3.8, 4) is 0 Å². The van der Waals surface area contributed by atoms with Crippen LogP contribution in [-0.2, 0) is 0 Å². The second kappa shape index (κ2) is 11.4. The first-order chi connectivity index (χ1) is 10.2. The highest BCUT2D eigenvalue weighted by Gasteiger charge is 2.28. The van der Waals surface area contributed by atoms with Gasteiger partial charge in [0.15, 0.2) is 0 Å². The molecule has 2 atom stereocenters. The van der Waals surface area contributed by atoms with Gasteiger partial charge in [-0.25, -0.2) is 0 Å². The summed E-state index contributed by atoms with van der Waals surface area (Å²) in [6.45, 7) is 5.91. The Morgan fingerprint density at radius 2 is 1.57 bits per heavy atom. The molecule has 1 saturated heterocycles. The predicted octanol–water partition coefficient (Wildman–Crippen LogP) is 3.35. The standard InChI is InChI=1S/C18H39N3/c1-5-6-7-8-9-10-11-12-13-17(19-2)18-16-20(3)14-15-21(18)4/h17-19H,5-16H2,1-4H3. The van der Waals surface area contributed by atoms with Crippen LogP contribution in [0.1, 0.15) is 64.7 Å². The van der Waals surface area contributed by atoms with Crippen molar-refractivity contribution in [3.63, 3.8) is 0 Å². The van der Waals surface area contributed by atoms with Crippen molar-refractivity contribution in [3.05, 3.63) is 0 Å². The van der Waals surface area contributed by atoms with Gasteiger partial charge in [0, 0.05) is 31.7 Å². The first kappa shape index (κ1) is 18.9. The van der Waals surface area contributed by atoms with Crippen LogP contribution in [0.2, 0.25) is 0 Å². The van der Waals surface area contributed by atoms with E-state index in [0.717, 1.165) is 0 Å². The third kappa shape index (κ3) is 7.62. The second-order valence-corrected chi connectivity index (χ2v) is 6.97. The molecule has 1 rings (SSSR count). The fourth-order valence-electron chi connectivity index (χ4n) is 3.51. The van der Waals surface area contributed by atoms with E-state index in [9.17, 15) is 0 Å². The molecule has 1 fully saturated rings. The van der Waals surface area contributed by atoms with Crippen LogP contribution in [-0.4, -0.2) is 62.7 Å².